The highest BCUT2D eigenvalue weighted by atomic mass is 16.4. The molecule has 1 aromatic carbocycles. The maximum atomic E-state index is 10.7. The molecule has 0 unspecified atom stereocenters. The van der Waals surface area contributed by atoms with Crippen molar-refractivity contribution in [3.8, 4) is 0 Å². The van der Waals surface area contributed by atoms with Crippen molar-refractivity contribution in [3.05, 3.63) is 60.0 Å². The van der Waals surface area contributed by atoms with Crippen LogP contribution in [0.3, 0.4) is 0 Å². The largest absolute Gasteiger partial charge is 0.475 e. The minimum atomic E-state index is -1.08. The number of anilines is 1. The summed E-state index contributed by atoms with van der Waals surface area (Å²) in [5, 5.41) is 12.9. The Kier molecular flexibility index (Phi) is 3.09. The minimum absolute atomic E-state index is 0.0801. The van der Waals surface area contributed by atoms with Gasteiger partial charge in [0.1, 0.15) is 0 Å². The van der Waals surface area contributed by atoms with Gasteiger partial charge in [-0.25, -0.2) is 4.79 Å². The van der Waals surface area contributed by atoms with Crippen molar-refractivity contribution < 1.29 is 14.3 Å². The van der Waals surface area contributed by atoms with E-state index in [0.29, 0.717) is 12.4 Å². The second-order valence-electron chi connectivity index (χ2n) is 4.31. The molecule has 0 aliphatic heterocycles. The Labute approximate surface area is 114 Å². The molecule has 0 bridgehead atoms. The second-order valence-corrected chi connectivity index (χ2v) is 4.31. The van der Waals surface area contributed by atoms with Gasteiger partial charge in [0.05, 0.1) is 5.52 Å². The molecule has 5 heteroatoms. The third-order valence-corrected chi connectivity index (χ3v) is 2.99. The Balaban J connectivity index is 1.81. The summed E-state index contributed by atoms with van der Waals surface area (Å²) in [5.74, 6) is -0.733. The van der Waals surface area contributed by atoms with E-state index in [1.54, 1.807) is 12.3 Å². The Morgan fingerprint density at radius 2 is 2.05 bits per heavy atom. The molecular weight excluding hydrogens is 256 g/mol. The first-order valence-corrected chi connectivity index (χ1v) is 6.13. The molecule has 0 atom stereocenters. The van der Waals surface area contributed by atoms with E-state index in [9.17, 15) is 4.79 Å². The monoisotopic (exact) mass is 268 g/mol. The second kappa shape index (κ2) is 5.05. The predicted molar refractivity (Wildman–Crippen MR) is 74.7 cm³/mol. The van der Waals surface area contributed by atoms with E-state index in [2.05, 4.69) is 10.3 Å². The molecule has 2 aromatic heterocycles. The number of para-hydroxylation sites is 1. The van der Waals surface area contributed by atoms with Gasteiger partial charge in [-0.05, 0) is 17.7 Å². The van der Waals surface area contributed by atoms with E-state index >= 15 is 0 Å². The van der Waals surface area contributed by atoms with E-state index in [-0.39, 0.29) is 5.76 Å². The Morgan fingerprint density at radius 1 is 1.20 bits per heavy atom. The van der Waals surface area contributed by atoms with Crippen molar-refractivity contribution in [1.82, 2.24) is 4.98 Å². The van der Waals surface area contributed by atoms with Crippen LogP contribution in [0.5, 0.6) is 0 Å². The topological polar surface area (TPSA) is 75.4 Å². The highest BCUT2D eigenvalue weighted by molar-refractivity contribution is 5.85. The van der Waals surface area contributed by atoms with Gasteiger partial charge in [-0.1, -0.05) is 24.3 Å². The summed E-state index contributed by atoms with van der Waals surface area (Å²) in [6.45, 7) is 0.515. The van der Waals surface area contributed by atoms with Crippen molar-refractivity contribution in [1.29, 1.82) is 0 Å². The highest BCUT2D eigenvalue weighted by Gasteiger charge is 2.09. The van der Waals surface area contributed by atoms with Gasteiger partial charge >= 0.3 is 5.97 Å². The molecule has 0 saturated carbocycles. The number of benzene rings is 1. The molecule has 2 N–H and O–H groups in total. The average Bonchev–Trinajstić information content (AvgIpc) is 2.94. The third kappa shape index (κ3) is 2.33. The Hall–Kier alpha value is -2.82. The number of hydrogen-bond acceptors (Lipinski definition) is 4. The lowest BCUT2D eigenvalue weighted by Crippen LogP contribution is -2.00. The molecule has 2 heterocycles. The molecule has 0 radical (unpaired) electrons. The first-order chi connectivity index (χ1) is 9.74. The van der Waals surface area contributed by atoms with Gasteiger partial charge in [-0.3, -0.25) is 4.98 Å². The molecule has 3 rings (SSSR count). The summed E-state index contributed by atoms with van der Waals surface area (Å²) in [6.07, 6.45) is 1.75. The number of rotatable bonds is 4. The molecule has 20 heavy (non-hydrogen) atoms. The zero-order valence-corrected chi connectivity index (χ0v) is 10.5. The van der Waals surface area contributed by atoms with Crippen molar-refractivity contribution in [2.24, 2.45) is 0 Å². The quantitative estimate of drug-likeness (QED) is 0.760. The number of nitrogens with zero attached hydrogens (tertiary/aromatic N) is 1. The van der Waals surface area contributed by atoms with Crippen molar-refractivity contribution >= 4 is 22.8 Å². The molecule has 0 saturated heterocycles. The van der Waals surface area contributed by atoms with Gasteiger partial charge in [-0.2, -0.15) is 0 Å². The molecule has 0 spiro atoms. The molecule has 0 aliphatic carbocycles. The first kappa shape index (κ1) is 12.2. The Bertz CT molecular complexity index is 759. The predicted octanol–water partition coefficient (Wildman–Crippen LogP) is 3.14. The normalized spacial score (nSPS) is 10.6. The fourth-order valence-corrected chi connectivity index (χ4v) is 2.04. The smallest absolute Gasteiger partial charge is 0.371 e. The van der Waals surface area contributed by atoms with Crippen molar-refractivity contribution in [2.75, 3.05) is 5.32 Å². The lowest BCUT2D eigenvalue weighted by Gasteiger charge is -2.06. The summed E-state index contributed by atoms with van der Waals surface area (Å²) in [6, 6.07) is 12.9. The van der Waals surface area contributed by atoms with Crippen LogP contribution in [0, 0.1) is 0 Å². The van der Waals surface area contributed by atoms with E-state index in [1.165, 1.54) is 6.07 Å². The maximum Gasteiger partial charge on any atom is 0.371 e. The van der Waals surface area contributed by atoms with E-state index < -0.39 is 5.97 Å². The lowest BCUT2D eigenvalue weighted by atomic mass is 10.1. The van der Waals surface area contributed by atoms with Crippen LogP contribution in [0.1, 0.15) is 16.1 Å². The third-order valence-electron chi connectivity index (χ3n) is 2.99. The van der Waals surface area contributed by atoms with Crippen LogP contribution in [-0.2, 0) is 6.54 Å². The number of carboxylic acids is 1. The SMILES string of the molecule is O=C(O)c1ccc(NCc2cccc3cccnc23)o1. The highest BCUT2D eigenvalue weighted by Crippen LogP contribution is 2.19. The van der Waals surface area contributed by atoms with E-state index in [1.807, 2.05) is 30.3 Å². The fraction of sp³-hybridized carbons (Fsp3) is 0.0667. The van der Waals surface area contributed by atoms with E-state index in [0.717, 1.165) is 16.5 Å². The summed E-state index contributed by atoms with van der Waals surface area (Å²) < 4.78 is 5.15. The number of fused-ring (bicyclic) bond motifs is 1. The maximum absolute atomic E-state index is 10.7. The number of carbonyl (C=O) groups is 1. The Morgan fingerprint density at radius 3 is 2.85 bits per heavy atom. The molecule has 100 valence electrons. The van der Waals surface area contributed by atoms with Crippen LogP contribution >= 0.6 is 0 Å². The molecule has 3 aromatic rings. The molecule has 0 fully saturated rings. The van der Waals surface area contributed by atoms with Crippen molar-refractivity contribution in [2.45, 2.75) is 6.54 Å². The summed E-state index contributed by atoms with van der Waals surface area (Å²) >= 11 is 0. The molecule has 0 aliphatic rings. The van der Waals surface area contributed by atoms with Crippen LogP contribution in [-0.4, -0.2) is 16.1 Å². The number of carboxylic acid groups (broad SMARTS) is 1. The average molecular weight is 268 g/mol. The number of hydrogen-bond donors (Lipinski definition) is 2. The van der Waals surface area contributed by atoms with Gasteiger partial charge in [0, 0.05) is 24.2 Å². The molecule has 5 nitrogen and oxygen atoms in total. The van der Waals surface area contributed by atoms with Gasteiger partial charge in [0.25, 0.3) is 0 Å². The number of aromatic nitrogens is 1. The lowest BCUT2D eigenvalue weighted by molar-refractivity contribution is 0.0663. The van der Waals surface area contributed by atoms with Crippen LogP contribution in [0.2, 0.25) is 0 Å². The fourth-order valence-electron chi connectivity index (χ4n) is 2.04. The van der Waals surface area contributed by atoms with Gasteiger partial charge in [-0.15, -0.1) is 0 Å². The number of furan rings is 1. The van der Waals surface area contributed by atoms with Crippen molar-refractivity contribution in [3.63, 3.8) is 0 Å². The number of nitrogens with one attached hydrogen (secondary N) is 1. The van der Waals surface area contributed by atoms with Crippen LogP contribution in [0.15, 0.2) is 53.1 Å². The zero-order valence-electron chi connectivity index (χ0n) is 10.5. The molecule has 0 amide bonds. The van der Waals surface area contributed by atoms with Crippen LogP contribution in [0.25, 0.3) is 10.9 Å². The van der Waals surface area contributed by atoms with Gasteiger partial charge in [0.15, 0.2) is 5.88 Å². The number of aromatic carboxylic acids is 1. The van der Waals surface area contributed by atoms with Crippen LogP contribution < -0.4 is 5.32 Å². The van der Waals surface area contributed by atoms with Crippen LogP contribution in [0.4, 0.5) is 5.88 Å². The molecular formula is C15H12N2O3. The summed E-state index contributed by atoms with van der Waals surface area (Å²) in [5.41, 5.74) is 1.95. The first-order valence-electron chi connectivity index (χ1n) is 6.13. The summed E-state index contributed by atoms with van der Waals surface area (Å²) in [4.78, 5) is 15.1. The summed E-state index contributed by atoms with van der Waals surface area (Å²) in [7, 11) is 0. The minimum Gasteiger partial charge on any atom is -0.475 e. The number of pyridine rings is 1. The standard InChI is InChI=1S/C15H12N2O3/c18-15(19)12-6-7-13(20-12)17-9-11-4-1-3-10-5-2-8-16-14(10)11/h1-8,17H,9H2,(H,18,19). The zero-order chi connectivity index (χ0) is 13.9. The van der Waals surface area contributed by atoms with Gasteiger partial charge < -0.3 is 14.8 Å². The van der Waals surface area contributed by atoms with Gasteiger partial charge in [0.2, 0.25) is 5.76 Å². The van der Waals surface area contributed by atoms with E-state index in [4.69, 9.17) is 9.52 Å².